The van der Waals surface area contributed by atoms with E-state index in [9.17, 15) is 13.6 Å². The van der Waals surface area contributed by atoms with E-state index in [4.69, 9.17) is 4.74 Å². The molecule has 8 nitrogen and oxygen atoms in total. The molecule has 2 aliphatic rings. The fourth-order valence-electron chi connectivity index (χ4n) is 4.51. The molecule has 1 saturated heterocycles. The fraction of sp³-hybridized carbons (Fsp3) is 0.375. The maximum Gasteiger partial charge on any atom is 0.293 e. The van der Waals surface area contributed by atoms with Gasteiger partial charge in [0.05, 0.1) is 35.6 Å². The van der Waals surface area contributed by atoms with Crippen molar-refractivity contribution in [1.29, 1.82) is 0 Å². The Morgan fingerprint density at radius 1 is 1.09 bits per heavy atom. The molecule has 1 aliphatic carbocycles. The largest absolute Gasteiger partial charge is 0.373 e. The number of nitrogens with zero attached hydrogens (tertiary/aromatic N) is 6. The van der Waals surface area contributed by atoms with Gasteiger partial charge in [-0.25, -0.2) is 23.4 Å². The summed E-state index contributed by atoms with van der Waals surface area (Å²) in [7, 11) is 1.53. The lowest BCUT2D eigenvalue weighted by atomic mass is 9.92. The molecule has 2 fully saturated rings. The Morgan fingerprint density at radius 2 is 1.94 bits per heavy atom. The highest BCUT2D eigenvalue weighted by molar-refractivity contribution is 5.91. The van der Waals surface area contributed by atoms with Crippen molar-refractivity contribution in [2.75, 3.05) is 6.61 Å². The summed E-state index contributed by atoms with van der Waals surface area (Å²) in [5.41, 5.74) is 1.08. The molecule has 4 heterocycles. The zero-order chi connectivity index (χ0) is 23.4. The van der Waals surface area contributed by atoms with E-state index >= 15 is 0 Å². The minimum atomic E-state index is -0.760. The van der Waals surface area contributed by atoms with Crippen molar-refractivity contribution in [2.24, 2.45) is 7.05 Å². The van der Waals surface area contributed by atoms with Crippen LogP contribution in [0.25, 0.3) is 22.2 Å². The van der Waals surface area contributed by atoms with Gasteiger partial charge in [0.25, 0.3) is 5.56 Å². The van der Waals surface area contributed by atoms with Crippen molar-refractivity contribution >= 4 is 10.9 Å². The van der Waals surface area contributed by atoms with Gasteiger partial charge < -0.3 is 4.74 Å². The quantitative estimate of drug-likeness (QED) is 0.456. The number of ether oxygens (including phenoxy) is 1. The number of rotatable bonds is 4. The second-order valence-electron chi connectivity index (χ2n) is 8.96. The number of fused-ring (bicyclic) bond motifs is 1. The summed E-state index contributed by atoms with van der Waals surface area (Å²) in [5.74, 6) is -1.11. The van der Waals surface area contributed by atoms with Gasteiger partial charge in [-0.3, -0.25) is 9.48 Å². The van der Waals surface area contributed by atoms with Gasteiger partial charge in [-0.15, -0.1) is 0 Å². The summed E-state index contributed by atoms with van der Waals surface area (Å²) < 4.78 is 37.5. The SMILES string of the molecule is Cn1ncc2c(-c3ccc(F)cc3F)nc([C@@H]3CCO[C@@H](c4cnn(C5CC5)c4)C3)nc2c1=O. The van der Waals surface area contributed by atoms with Crippen LogP contribution in [0.1, 0.15) is 55.1 Å². The van der Waals surface area contributed by atoms with Gasteiger partial charge in [-0.1, -0.05) is 0 Å². The third-order valence-corrected chi connectivity index (χ3v) is 6.57. The fourth-order valence-corrected chi connectivity index (χ4v) is 4.51. The topological polar surface area (TPSA) is 87.7 Å². The first-order valence-electron chi connectivity index (χ1n) is 11.3. The molecule has 174 valence electrons. The van der Waals surface area contributed by atoms with E-state index in [-0.39, 0.29) is 28.8 Å². The number of aryl methyl sites for hydroxylation is 1. The predicted octanol–water partition coefficient (Wildman–Crippen LogP) is 3.84. The molecule has 1 aromatic carbocycles. The van der Waals surface area contributed by atoms with Gasteiger partial charge in [0, 0.05) is 43.0 Å². The lowest BCUT2D eigenvalue weighted by Gasteiger charge is -2.28. The van der Waals surface area contributed by atoms with Gasteiger partial charge >= 0.3 is 0 Å². The molecule has 3 aromatic heterocycles. The van der Waals surface area contributed by atoms with Crippen LogP contribution in [0.3, 0.4) is 0 Å². The van der Waals surface area contributed by atoms with Gasteiger partial charge in [0.15, 0.2) is 0 Å². The van der Waals surface area contributed by atoms with Crippen LogP contribution in [-0.2, 0) is 11.8 Å². The van der Waals surface area contributed by atoms with Crippen LogP contribution in [-0.4, -0.2) is 36.1 Å². The Balaban J connectivity index is 1.43. The Bertz CT molecular complexity index is 1460. The summed E-state index contributed by atoms with van der Waals surface area (Å²) >= 11 is 0. The highest BCUT2D eigenvalue weighted by atomic mass is 19.1. The highest BCUT2D eigenvalue weighted by Crippen LogP contribution is 2.39. The van der Waals surface area contributed by atoms with Crippen molar-refractivity contribution < 1.29 is 13.5 Å². The summed E-state index contributed by atoms with van der Waals surface area (Å²) in [6.45, 7) is 0.500. The second kappa shape index (κ2) is 8.05. The molecule has 2 atom stereocenters. The van der Waals surface area contributed by atoms with E-state index in [1.807, 2.05) is 17.1 Å². The maximum absolute atomic E-state index is 14.7. The first kappa shape index (κ1) is 21.0. The van der Waals surface area contributed by atoms with Gasteiger partial charge in [-0.05, 0) is 37.8 Å². The molecule has 1 aliphatic heterocycles. The smallest absolute Gasteiger partial charge is 0.293 e. The normalized spacial score (nSPS) is 20.7. The average Bonchev–Trinajstić information content (AvgIpc) is 3.57. The van der Waals surface area contributed by atoms with Crippen LogP contribution in [0, 0.1) is 11.6 Å². The van der Waals surface area contributed by atoms with Crippen LogP contribution in [0.2, 0.25) is 0 Å². The molecule has 0 bridgehead atoms. The number of hydrogen-bond donors (Lipinski definition) is 0. The van der Waals surface area contributed by atoms with Crippen LogP contribution < -0.4 is 5.56 Å². The van der Waals surface area contributed by atoms with Crippen molar-refractivity contribution in [3.63, 3.8) is 0 Å². The standard InChI is InChI=1S/C24H22F2N6O2/c1-31-24(33)22-18(11-27-31)21(17-5-2-15(25)9-19(17)26)29-23(30-22)13-6-7-34-20(8-13)14-10-28-32(12-14)16-3-4-16/h2,5,9-13,16,20H,3-4,6-8H2,1H3/t13-,20-/m1/s1. The minimum absolute atomic E-state index is 0.0967. The van der Waals surface area contributed by atoms with Crippen molar-refractivity contribution in [2.45, 2.75) is 43.7 Å². The van der Waals surface area contributed by atoms with E-state index in [1.165, 1.54) is 30.1 Å². The first-order valence-corrected chi connectivity index (χ1v) is 11.3. The van der Waals surface area contributed by atoms with Gasteiger partial charge in [0.2, 0.25) is 0 Å². The van der Waals surface area contributed by atoms with Crippen LogP contribution in [0.15, 0.2) is 41.6 Å². The van der Waals surface area contributed by atoms with E-state index in [1.54, 1.807) is 0 Å². The Kier molecular flexibility index (Phi) is 4.98. The Labute approximate surface area is 193 Å². The monoisotopic (exact) mass is 464 g/mol. The van der Waals surface area contributed by atoms with Crippen LogP contribution in [0.4, 0.5) is 8.78 Å². The molecule has 0 N–H and O–H groups in total. The summed E-state index contributed by atoms with van der Waals surface area (Å²) in [5, 5.41) is 8.85. The molecule has 6 rings (SSSR count). The molecule has 0 radical (unpaired) electrons. The van der Waals surface area contributed by atoms with E-state index in [0.717, 1.165) is 24.5 Å². The van der Waals surface area contributed by atoms with Crippen LogP contribution >= 0.6 is 0 Å². The molecule has 4 aromatic rings. The minimum Gasteiger partial charge on any atom is -0.373 e. The number of aromatic nitrogens is 6. The molecular formula is C24H22F2N6O2. The van der Waals surface area contributed by atoms with Crippen molar-refractivity contribution in [1.82, 2.24) is 29.5 Å². The van der Waals surface area contributed by atoms with Gasteiger partial charge in [-0.2, -0.15) is 10.2 Å². The van der Waals surface area contributed by atoms with Crippen molar-refractivity contribution in [3.8, 4) is 11.3 Å². The molecule has 10 heteroatoms. The van der Waals surface area contributed by atoms with E-state index < -0.39 is 17.2 Å². The average molecular weight is 464 g/mol. The zero-order valence-electron chi connectivity index (χ0n) is 18.5. The lowest BCUT2D eigenvalue weighted by molar-refractivity contribution is 0.00397. The summed E-state index contributed by atoms with van der Waals surface area (Å²) in [4.78, 5) is 22.2. The molecule has 1 saturated carbocycles. The van der Waals surface area contributed by atoms with E-state index in [0.29, 0.717) is 36.7 Å². The molecule has 0 unspecified atom stereocenters. The Hall–Kier alpha value is -3.53. The summed E-state index contributed by atoms with van der Waals surface area (Å²) in [6.07, 6.45) is 8.71. The predicted molar refractivity (Wildman–Crippen MR) is 119 cm³/mol. The van der Waals surface area contributed by atoms with E-state index in [2.05, 4.69) is 20.2 Å². The second-order valence-corrected chi connectivity index (χ2v) is 8.96. The van der Waals surface area contributed by atoms with Crippen LogP contribution in [0.5, 0.6) is 0 Å². The summed E-state index contributed by atoms with van der Waals surface area (Å²) in [6, 6.07) is 3.78. The third kappa shape index (κ3) is 3.67. The highest BCUT2D eigenvalue weighted by Gasteiger charge is 2.31. The third-order valence-electron chi connectivity index (χ3n) is 6.57. The number of benzene rings is 1. The molecular weight excluding hydrogens is 442 g/mol. The lowest BCUT2D eigenvalue weighted by Crippen LogP contribution is -2.24. The number of hydrogen-bond acceptors (Lipinski definition) is 6. The molecule has 34 heavy (non-hydrogen) atoms. The first-order chi connectivity index (χ1) is 16.5. The zero-order valence-corrected chi connectivity index (χ0v) is 18.5. The molecule has 0 amide bonds. The molecule has 0 spiro atoms. The number of halogens is 2. The van der Waals surface area contributed by atoms with Gasteiger partial charge in [0.1, 0.15) is 23.0 Å². The Morgan fingerprint density at radius 3 is 2.74 bits per heavy atom. The van der Waals surface area contributed by atoms with Crippen molar-refractivity contribution in [3.05, 3.63) is 70.2 Å². The maximum atomic E-state index is 14.7.